The zero-order valence-corrected chi connectivity index (χ0v) is 19.4. The summed E-state index contributed by atoms with van der Waals surface area (Å²) in [5.74, 6) is -2.40. The number of phenols is 1. The molecule has 2 heterocycles. The van der Waals surface area contributed by atoms with Crippen LogP contribution >= 0.6 is 15.9 Å². The lowest BCUT2D eigenvalue weighted by Gasteiger charge is -2.27. The second-order valence-electron chi connectivity index (χ2n) is 8.25. The van der Waals surface area contributed by atoms with Crippen LogP contribution in [-0.2, 0) is 15.0 Å². The molecule has 2 aromatic carbocycles. The van der Waals surface area contributed by atoms with Gasteiger partial charge in [-0.15, -0.1) is 0 Å². The summed E-state index contributed by atoms with van der Waals surface area (Å²) < 4.78 is 12.6. The van der Waals surface area contributed by atoms with Crippen molar-refractivity contribution in [3.8, 4) is 17.2 Å². The van der Waals surface area contributed by atoms with Crippen molar-refractivity contribution in [3.63, 3.8) is 0 Å². The minimum atomic E-state index is -1.58. The molecule has 8 heteroatoms. The van der Waals surface area contributed by atoms with Crippen LogP contribution in [0.1, 0.15) is 40.9 Å². The summed E-state index contributed by atoms with van der Waals surface area (Å²) in [5, 5.41) is 21.3. The highest BCUT2D eigenvalue weighted by Crippen LogP contribution is 2.59. The van der Waals surface area contributed by atoms with Crippen LogP contribution in [0.3, 0.4) is 0 Å². The maximum atomic E-state index is 13.3. The van der Waals surface area contributed by atoms with Crippen molar-refractivity contribution in [3.05, 3.63) is 79.9 Å². The fraction of sp³-hybridized carbons (Fsp3) is 0.160. The number of carbonyl (C=O) groups is 3. The van der Waals surface area contributed by atoms with Gasteiger partial charge in [-0.1, -0.05) is 28.1 Å². The Bertz CT molecular complexity index is 1410. The lowest BCUT2D eigenvalue weighted by Crippen LogP contribution is -2.38. The number of aliphatic hydroxyl groups is 1. The number of phenolic OH excluding ortho intramolecular Hbond substituents is 1. The molecule has 0 saturated carbocycles. The molecular weight excluding hydrogens is 492 g/mol. The standard InChI is InChI=1S/C25H17BrO7/c1-10-20(29)19-23(33-16-9-14(28)17(11(2)27)24(31)25(16,19)3)18-21(30)15(32-22(10)18)8-12-4-6-13(26)7-5-12/h4-9,28-29H,1-3H3/b15-8-/t25-/m0/s1. The van der Waals surface area contributed by atoms with Crippen molar-refractivity contribution in [2.45, 2.75) is 26.2 Å². The molecule has 0 fully saturated rings. The maximum absolute atomic E-state index is 13.3. The Kier molecular flexibility index (Phi) is 4.45. The molecule has 0 spiro atoms. The van der Waals surface area contributed by atoms with Crippen LogP contribution in [0.15, 0.2) is 57.7 Å². The maximum Gasteiger partial charge on any atom is 0.235 e. The van der Waals surface area contributed by atoms with Gasteiger partial charge in [0.05, 0.1) is 5.56 Å². The lowest BCUT2D eigenvalue weighted by molar-refractivity contribution is -0.123. The number of Topliss-reactive ketones (excluding diaryl/α,β-unsaturated/α-hetero) is 3. The van der Waals surface area contributed by atoms with E-state index in [2.05, 4.69) is 15.9 Å². The van der Waals surface area contributed by atoms with Crippen molar-refractivity contribution >= 4 is 39.4 Å². The first-order chi connectivity index (χ1) is 15.6. The van der Waals surface area contributed by atoms with Crippen LogP contribution in [0.5, 0.6) is 17.2 Å². The summed E-state index contributed by atoms with van der Waals surface area (Å²) in [6.07, 6.45) is 2.76. The predicted octanol–water partition coefficient (Wildman–Crippen LogP) is 4.60. The first-order valence-electron chi connectivity index (χ1n) is 10.0. The van der Waals surface area contributed by atoms with Crippen LogP contribution in [0.4, 0.5) is 0 Å². The Morgan fingerprint density at radius 2 is 1.76 bits per heavy atom. The van der Waals surface area contributed by atoms with Gasteiger partial charge in [0.1, 0.15) is 39.6 Å². The number of carbonyl (C=O) groups excluding carboxylic acids is 3. The molecule has 2 N–H and O–H groups in total. The molecule has 2 aliphatic heterocycles. The third-order valence-corrected chi connectivity index (χ3v) is 6.74. The SMILES string of the molecule is CC(=O)C1=C(O)C=C2Oc3c4c(c(C)c(O)c3[C@@]2(C)C1=O)O/C(=C\c1ccc(Br)cc1)C4=O. The van der Waals surface area contributed by atoms with Crippen LogP contribution in [0, 0.1) is 6.92 Å². The number of aromatic hydroxyl groups is 1. The van der Waals surface area contributed by atoms with E-state index in [0.29, 0.717) is 0 Å². The fourth-order valence-corrected chi connectivity index (χ4v) is 4.70. The number of fused-ring (bicyclic) bond motifs is 5. The van der Waals surface area contributed by atoms with Gasteiger partial charge >= 0.3 is 0 Å². The van der Waals surface area contributed by atoms with Gasteiger partial charge in [0.25, 0.3) is 0 Å². The van der Waals surface area contributed by atoms with Crippen molar-refractivity contribution < 1.29 is 34.1 Å². The van der Waals surface area contributed by atoms with Crippen LogP contribution < -0.4 is 9.47 Å². The van der Waals surface area contributed by atoms with Gasteiger partial charge in [-0.25, -0.2) is 0 Å². The Labute approximate surface area is 196 Å². The highest BCUT2D eigenvalue weighted by molar-refractivity contribution is 9.10. The average Bonchev–Trinajstić information content (AvgIpc) is 3.23. The molecule has 2 aromatic rings. The monoisotopic (exact) mass is 508 g/mol. The van der Waals surface area contributed by atoms with E-state index in [1.807, 2.05) is 12.1 Å². The van der Waals surface area contributed by atoms with E-state index in [9.17, 15) is 24.6 Å². The third kappa shape index (κ3) is 2.77. The molecule has 7 nitrogen and oxygen atoms in total. The number of hydrogen-bond acceptors (Lipinski definition) is 7. The van der Waals surface area contributed by atoms with Crippen molar-refractivity contribution in [1.29, 1.82) is 0 Å². The second kappa shape index (κ2) is 6.92. The molecule has 5 rings (SSSR count). The number of halogens is 1. The second-order valence-corrected chi connectivity index (χ2v) is 9.17. The van der Waals surface area contributed by atoms with Gasteiger partial charge in [-0.3, -0.25) is 14.4 Å². The van der Waals surface area contributed by atoms with Crippen molar-refractivity contribution in [2.75, 3.05) is 0 Å². The Morgan fingerprint density at radius 3 is 2.39 bits per heavy atom. The molecular formula is C25H17BrO7. The molecule has 0 radical (unpaired) electrons. The van der Waals surface area contributed by atoms with E-state index in [0.717, 1.165) is 10.0 Å². The summed E-state index contributed by atoms with van der Waals surface area (Å²) in [6.45, 7) is 4.24. The first kappa shape index (κ1) is 21.2. The van der Waals surface area contributed by atoms with E-state index in [1.54, 1.807) is 25.1 Å². The number of rotatable bonds is 2. The molecule has 0 bridgehead atoms. The molecule has 33 heavy (non-hydrogen) atoms. The number of benzene rings is 2. The highest BCUT2D eigenvalue weighted by Gasteiger charge is 2.56. The molecule has 0 aromatic heterocycles. The fourth-order valence-electron chi connectivity index (χ4n) is 4.44. The summed E-state index contributed by atoms with van der Waals surface area (Å²) >= 11 is 3.36. The Balaban J connectivity index is 1.70. The van der Waals surface area contributed by atoms with E-state index >= 15 is 0 Å². The molecule has 1 atom stereocenters. The molecule has 0 amide bonds. The first-order valence-corrected chi connectivity index (χ1v) is 10.8. The molecule has 3 aliphatic rings. The topological polar surface area (TPSA) is 110 Å². The number of hydrogen-bond donors (Lipinski definition) is 2. The number of aliphatic hydroxyl groups excluding tert-OH is 1. The van der Waals surface area contributed by atoms with Gasteiger partial charge < -0.3 is 19.7 Å². The normalized spacial score (nSPS) is 21.9. The molecule has 1 aliphatic carbocycles. The van der Waals surface area contributed by atoms with Crippen LogP contribution in [0.2, 0.25) is 0 Å². The smallest absolute Gasteiger partial charge is 0.235 e. The summed E-state index contributed by atoms with van der Waals surface area (Å²) in [5.41, 5.74) is -0.815. The zero-order chi connectivity index (χ0) is 23.8. The van der Waals surface area contributed by atoms with Crippen LogP contribution in [-0.4, -0.2) is 27.6 Å². The average molecular weight is 509 g/mol. The third-order valence-electron chi connectivity index (χ3n) is 6.21. The summed E-state index contributed by atoms with van der Waals surface area (Å²) in [7, 11) is 0. The van der Waals surface area contributed by atoms with E-state index in [-0.39, 0.29) is 51.0 Å². The van der Waals surface area contributed by atoms with Gasteiger partial charge in [0.15, 0.2) is 23.1 Å². The lowest BCUT2D eigenvalue weighted by atomic mass is 9.71. The van der Waals surface area contributed by atoms with E-state index in [4.69, 9.17) is 9.47 Å². The molecule has 166 valence electrons. The quantitative estimate of drug-likeness (QED) is 0.450. The number of ether oxygens (including phenoxy) is 2. The predicted molar refractivity (Wildman–Crippen MR) is 121 cm³/mol. The Hall–Kier alpha value is -3.65. The van der Waals surface area contributed by atoms with E-state index in [1.165, 1.54) is 19.9 Å². The number of allylic oxidation sites excluding steroid dienone is 4. The van der Waals surface area contributed by atoms with Gasteiger partial charge in [-0.2, -0.15) is 0 Å². The van der Waals surface area contributed by atoms with Gasteiger partial charge in [0.2, 0.25) is 5.78 Å². The molecule has 0 saturated heterocycles. The number of ketones is 3. The minimum Gasteiger partial charge on any atom is -0.507 e. The summed E-state index contributed by atoms with van der Waals surface area (Å²) in [6, 6.07) is 7.26. The van der Waals surface area contributed by atoms with Crippen molar-refractivity contribution in [2.24, 2.45) is 0 Å². The van der Waals surface area contributed by atoms with Crippen LogP contribution in [0.25, 0.3) is 6.08 Å². The van der Waals surface area contributed by atoms with E-state index < -0.39 is 28.5 Å². The molecule has 0 unspecified atom stereocenters. The van der Waals surface area contributed by atoms with Gasteiger partial charge in [-0.05, 0) is 44.5 Å². The Morgan fingerprint density at radius 1 is 1.09 bits per heavy atom. The minimum absolute atomic E-state index is 0.0167. The van der Waals surface area contributed by atoms with Crippen molar-refractivity contribution in [1.82, 2.24) is 0 Å². The van der Waals surface area contributed by atoms with Gasteiger partial charge in [0, 0.05) is 16.1 Å². The zero-order valence-electron chi connectivity index (χ0n) is 17.8. The largest absolute Gasteiger partial charge is 0.507 e. The highest BCUT2D eigenvalue weighted by atomic mass is 79.9. The summed E-state index contributed by atoms with van der Waals surface area (Å²) in [4.78, 5) is 38.7.